The molecule has 0 bridgehead atoms. The summed E-state index contributed by atoms with van der Waals surface area (Å²) in [7, 11) is 0. The van der Waals surface area contributed by atoms with Crippen LogP contribution >= 0.6 is 0 Å². The summed E-state index contributed by atoms with van der Waals surface area (Å²) in [5.74, 6) is -0.364. The van der Waals surface area contributed by atoms with Crippen molar-refractivity contribution in [1.29, 1.82) is 0 Å². The first-order chi connectivity index (χ1) is 9.92. The number of hydrogen-bond donors (Lipinski definition) is 1. The standard InChI is InChI=1S/C15H27NO5/c1-5-9(3)14(17)21-11-7-19-15(16)12(8-18-13(11)15)20-10(4)6-2/h9-13H,5-8,16H2,1-4H3/t9?,10?,11?,12?,13-,15-/m1/s1. The van der Waals surface area contributed by atoms with Gasteiger partial charge in [-0.15, -0.1) is 0 Å². The van der Waals surface area contributed by atoms with Gasteiger partial charge in [0.1, 0.15) is 12.2 Å². The average molecular weight is 301 g/mol. The normalized spacial score (nSPS) is 38.0. The van der Waals surface area contributed by atoms with Gasteiger partial charge in [-0.2, -0.15) is 0 Å². The molecule has 2 rings (SSSR count). The van der Waals surface area contributed by atoms with E-state index in [1.165, 1.54) is 0 Å². The molecule has 2 N–H and O–H groups in total. The molecule has 6 atom stereocenters. The maximum absolute atomic E-state index is 11.9. The Morgan fingerprint density at radius 1 is 1.33 bits per heavy atom. The van der Waals surface area contributed by atoms with E-state index in [-0.39, 0.29) is 30.7 Å². The van der Waals surface area contributed by atoms with Crippen molar-refractivity contribution >= 4 is 5.97 Å². The van der Waals surface area contributed by atoms with Crippen molar-refractivity contribution in [3.05, 3.63) is 0 Å². The van der Waals surface area contributed by atoms with Crippen LogP contribution in [0.2, 0.25) is 0 Å². The summed E-state index contributed by atoms with van der Waals surface area (Å²) >= 11 is 0. The lowest BCUT2D eigenvalue weighted by Crippen LogP contribution is -2.56. The van der Waals surface area contributed by atoms with Gasteiger partial charge in [0.15, 0.2) is 11.8 Å². The number of hydrogen-bond acceptors (Lipinski definition) is 6. The molecule has 2 aliphatic rings. The summed E-state index contributed by atoms with van der Waals surface area (Å²) in [4.78, 5) is 11.9. The van der Waals surface area contributed by atoms with Gasteiger partial charge in [0, 0.05) is 0 Å². The molecule has 0 aromatic heterocycles. The molecule has 2 heterocycles. The van der Waals surface area contributed by atoms with Gasteiger partial charge in [-0.3, -0.25) is 10.5 Å². The minimum atomic E-state index is -1.02. The summed E-state index contributed by atoms with van der Waals surface area (Å²) in [6.07, 6.45) is 0.476. The second-order valence-electron chi connectivity index (χ2n) is 6.05. The Bertz CT molecular complexity index is 377. The molecule has 0 aromatic carbocycles. The summed E-state index contributed by atoms with van der Waals surface area (Å²) in [5.41, 5.74) is 5.30. The van der Waals surface area contributed by atoms with E-state index in [2.05, 4.69) is 0 Å². The molecular weight excluding hydrogens is 274 g/mol. The zero-order valence-electron chi connectivity index (χ0n) is 13.3. The molecule has 21 heavy (non-hydrogen) atoms. The lowest BCUT2D eigenvalue weighted by molar-refractivity contribution is -0.158. The first kappa shape index (κ1) is 16.7. The summed E-state index contributed by atoms with van der Waals surface area (Å²) in [5, 5.41) is 0. The number of carbonyl (C=O) groups excluding carboxylic acids is 1. The number of fused-ring (bicyclic) bond motifs is 1. The Morgan fingerprint density at radius 2 is 2.05 bits per heavy atom. The molecule has 2 aliphatic heterocycles. The predicted molar refractivity (Wildman–Crippen MR) is 76.6 cm³/mol. The van der Waals surface area contributed by atoms with Crippen molar-refractivity contribution in [3.63, 3.8) is 0 Å². The molecule has 0 aliphatic carbocycles. The second kappa shape index (κ2) is 6.60. The molecule has 4 unspecified atom stereocenters. The van der Waals surface area contributed by atoms with E-state index in [1.807, 2.05) is 27.7 Å². The van der Waals surface area contributed by atoms with Gasteiger partial charge < -0.3 is 18.9 Å². The molecule has 6 nitrogen and oxygen atoms in total. The van der Waals surface area contributed by atoms with Crippen LogP contribution in [0.1, 0.15) is 40.5 Å². The van der Waals surface area contributed by atoms with Gasteiger partial charge in [-0.05, 0) is 19.8 Å². The maximum Gasteiger partial charge on any atom is 0.309 e. The largest absolute Gasteiger partial charge is 0.457 e. The lowest BCUT2D eigenvalue weighted by Gasteiger charge is -2.30. The van der Waals surface area contributed by atoms with Crippen LogP contribution in [0.3, 0.4) is 0 Å². The third kappa shape index (κ3) is 3.23. The molecule has 0 radical (unpaired) electrons. The Morgan fingerprint density at radius 3 is 2.67 bits per heavy atom. The topological polar surface area (TPSA) is 80.0 Å². The van der Waals surface area contributed by atoms with Gasteiger partial charge >= 0.3 is 5.97 Å². The summed E-state index contributed by atoms with van der Waals surface area (Å²) in [6.45, 7) is 8.45. The zero-order valence-corrected chi connectivity index (χ0v) is 13.3. The van der Waals surface area contributed by atoms with E-state index < -0.39 is 17.9 Å². The molecule has 6 heteroatoms. The molecule has 0 saturated carbocycles. The molecule has 0 amide bonds. The highest BCUT2D eigenvalue weighted by Gasteiger charge is 2.60. The molecule has 0 aromatic rings. The fourth-order valence-corrected chi connectivity index (χ4v) is 2.57. The van der Waals surface area contributed by atoms with Crippen LogP contribution in [0.15, 0.2) is 0 Å². The van der Waals surface area contributed by atoms with Crippen molar-refractivity contribution in [2.45, 2.75) is 70.7 Å². The SMILES string of the molecule is CCC(C)OC1CO[C@@H]2C(OC(=O)C(C)CC)CO[C@]12N. The Kier molecular flexibility index (Phi) is 5.24. The van der Waals surface area contributed by atoms with Crippen molar-refractivity contribution in [1.82, 2.24) is 0 Å². The number of nitrogens with two attached hydrogens (primary N) is 1. The molecule has 0 spiro atoms. The third-order valence-electron chi connectivity index (χ3n) is 4.46. The first-order valence-corrected chi connectivity index (χ1v) is 7.82. The highest BCUT2D eigenvalue weighted by atomic mass is 16.7. The van der Waals surface area contributed by atoms with Gasteiger partial charge in [-0.1, -0.05) is 20.8 Å². The quantitative estimate of drug-likeness (QED) is 0.743. The van der Waals surface area contributed by atoms with Crippen molar-refractivity contribution in [2.24, 2.45) is 11.7 Å². The number of rotatable bonds is 6. The van der Waals surface area contributed by atoms with Gasteiger partial charge in [-0.25, -0.2) is 0 Å². The van der Waals surface area contributed by atoms with Gasteiger partial charge in [0.2, 0.25) is 0 Å². The number of esters is 1. The average Bonchev–Trinajstić information content (AvgIpc) is 2.95. The van der Waals surface area contributed by atoms with Crippen LogP contribution in [-0.2, 0) is 23.7 Å². The minimum Gasteiger partial charge on any atom is -0.457 e. The fraction of sp³-hybridized carbons (Fsp3) is 0.933. The second-order valence-corrected chi connectivity index (χ2v) is 6.05. The summed E-state index contributed by atoms with van der Waals surface area (Å²) < 4.78 is 22.8. The first-order valence-electron chi connectivity index (χ1n) is 7.82. The number of ether oxygens (including phenoxy) is 4. The monoisotopic (exact) mass is 301 g/mol. The Balaban J connectivity index is 1.98. The maximum atomic E-state index is 11.9. The van der Waals surface area contributed by atoms with E-state index in [1.54, 1.807) is 0 Å². The van der Waals surface area contributed by atoms with Crippen LogP contribution in [0.25, 0.3) is 0 Å². The van der Waals surface area contributed by atoms with Crippen LogP contribution in [-0.4, -0.2) is 49.3 Å². The van der Waals surface area contributed by atoms with E-state index in [0.29, 0.717) is 6.61 Å². The van der Waals surface area contributed by atoms with Crippen LogP contribution in [0, 0.1) is 5.92 Å². The van der Waals surface area contributed by atoms with E-state index in [9.17, 15) is 4.79 Å². The highest BCUT2D eigenvalue weighted by Crippen LogP contribution is 2.37. The van der Waals surface area contributed by atoms with E-state index >= 15 is 0 Å². The van der Waals surface area contributed by atoms with Crippen LogP contribution in [0.5, 0.6) is 0 Å². The highest BCUT2D eigenvalue weighted by molar-refractivity contribution is 5.72. The van der Waals surface area contributed by atoms with Gasteiger partial charge in [0.25, 0.3) is 0 Å². The molecule has 122 valence electrons. The van der Waals surface area contributed by atoms with Crippen molar-refractivity contribution in [2.75, 3.05) is 13.2 Å². The lowest BCUT2D eigenvalue weighted by atomic mass is 10.0. The molecule has 2 fully saturated rings. The van der Waals surface area contributed by atoms with Crippen molar-refractivity contribution in [3.8, 4) is 0 Å². The number of carbonyl (C=O) groups is 1. The minimum absolute atomic E-state index is 0.0862. The van der Waals surface area contributed by atoms with Crippen LogP contribution in [0.4, 0.5) is 0 Å². The van der Waals surface area contributed by atoms with Crippen molar-refractivity contribution < 1.29 is 23.7 Å². The van der Waals surface area contributed by atoms with E-state index in [0.717, 1.165) is 12.8 Å². The summed E-state index contributed by atoms with van der Waals surface area (Å²) in [6, 6.07) is 0. The smallest absolute Gasteiger partial charge is 0.309 e. The fourth-order valence-electron chi connectivity index (χ4n) is 2.57. The van der Waals surface area contributed by atoms with Crippen LogP contribution < -0.4 is 5.73 Å². The molecular formula is C15H27NO5. The van der Waals surface area contributed by atoms with E-state index in [4.69, 9.17) is 24.7 Å². The predicted octanol–water partition coefficient (Wildman–Crippen LogP) is 1.21. The Labute approximate surface area is 126 Å². The molecule has 2 saturated heterocycles. The third-order valence-corrected chi connectivity index (χ3v) is 4.46. The Hall–Kier alpha value is -0.690. The zero-order chi connectivity index (χ0) is 15.6. The van der Waals surface area contributed by atoms with Gasteiger partial charge in [0.05, 0.1) is 25.2 Å².